The van der Waals surface area contributed by atoms with E-state index in [1.807, 2.05) is 0 Å². The van der Waals surface area contributed by atoms with Gasteiger partial charge in [0.2, 0.25) is 0 Å². The Hall–Kier alpha value is -0.590. The molecule has 0 aromatic rings. The van der Waals surface area contributed by atoms with E-state index in [1.165, 1.54) is 38.5 Å². The zero-order chi connectivity index (χ0) is 10.6. The molecule has 0 aliphatic carbocycles. The Kier molecular flexibility index (Phi) is 10.0. The van der Waals surface area contributed by atoms with E-state index in [-0.39, 0.29) is 0 Å². The Labute approximate surface area is 88.6 Å². The summed E-state index contributed by atoms with van der Waals surface area (Å²) in [6, 6.07) is 0. The smallest absolute Gasteiger partial charge is 0.120 e. The van der Waals surface area contributed by atoms with Crippen molar-refractivity contribution in [2.45, 2.75) is 58.8 Å². The molecule has 1 atom stereocenters. The van der Waals surface area contributed by atoms with Crippen LogP contribution in [-0.4, -0.2) is 6.29 Å². The molecule has 0 fully saturated rings. The first-order valence-corrected chi connectivity index (χ1v) is 5.89. The van der Waals surface area contributed by atoms with Gasteiger partial charge in [0, 0.05) is 6.42 Å². The summed E-state index contributed by atoms with van der Waals surface area (Å²) in [6.45, 7) is 4.35. The van der Waals surface area contributed by atoms with Crippen molar-refractivity contribution in [1.82, 2.24) is 0 Å². The third kappa shape index (κ3) is 9.50. The van der Waals surface area contributed by atoms with Crippen molar-refractivity contribution in [3.05, 3.63) is 12.2 Å². The van der Waals surface area contributed by atoms with Crippen LogP contribution in [0.2, 0.25) is 0 Å². The maximum Gasteiger partial charge on any atom is 0.120 e. The van der Waals surface area contributed by atoms with Crippen LogP contribution in [0.1, 0.15) is 58.8 Å². The monoisotopic (exact) mass is 196 g/mol. The van der Waals surface area contributed by atoms with Crippen LogP contribution in [0, 0.1) is 5.92 Å². The van der Waals surface area contributed by atoms with Crippen LogP contribution in [0.25, 0.3) is 0 Å². The lowest BCUT2D eigenvalue weighted by Crippen LogP contribution is -1.94. The topological polar surface area (TPSA) is 17.1 Å². The van der Waals surface area contributed by atoms with E-state index in [0.29, 0.717) is 5.92 Å². The summed E-state index contributed by atoms with van der Waals surface area (Å²) in [5.74, 6) is 0.576. The number of aldehydes is 1. The molecular weight excluding hydrogens is 172 g/mol. The highest BCUT2D eigenvalue weighted by atomic mass is 16.1. The fourth-order valence-corrected chi connectivity index (χ4v) is 1.44. The summed E-state index contributed by atoms with van der Waals surface area (Å²) in [7, 11) is 0. The van der Waals surface area contributed by atoms with Gasteiger partial charge in [-0.25, -0.2) is 0 Å². The average Bonchev–Trinajstić information content (AvgIpc) is 2.17. The summed E-state index contributed by atoms with van der Waals surface area (Å²) < 4.78 is 0. The molecule has 1 heteroatoms. The molecule has 0 aliphatic heterocycles. The summed E-state index contributed by atoms with van der Waals surface area (Å²) in [4.78, 5) is 10.2. The highest BCUT2D eigenvalue weighted by molar-refractivity contribution is 5.49. The van der Waals surface area contributed by atoms with Crippen LogP contribution >= 0.6 is 0 Å². The predicted octanol–water partition coefficient (Wildman–Crippen LogP) is 4.13. The van der Waals surface area contributed by atoms with E-state index in [0.717, 1.165) is 12.7 Å². The van der Waals surface area contributed by atoms with Crippen LogP contribution in [0.3, 0.4) is 0 Å². The van der Waals surface area contributed by atoms with E-state index in [1.54, 1.807) is 0 Å². The zero-order valence-corrected chi connectivity index (χ0v) is 9.67. The van der Waals surface area contributed by atoms with Gasteiger partial charge in [0.1, 0.15) is 6.29 Å². The molecule has 0 spiro atoms. The van der Waals surface area contributed by atoms with Gasteiger partial charge in [-0.15, -0.1) is 0 Å². The number of carbonyl (C=O) groups is 1. The Morgan fingerprint density at radius 3 is 2.50 bits per heavy atom. The normalized spacial score (nSPS) is 13.3. The molecule has 0 aliphatic rings. The Morgan fingerprint density at radius 2 is 1.86 bits per heavy atom. The second-order valence-electron chi connectivity index (χ2n) is 4.05. The molecule has 0 N–H and O–H groups in total. The van der Waals surface area contributed by atoms with Crippen LogP contribution < -0.4 is 0 Å². The van der Waals surface area contributed by atoms with Crippen molar-refractivity contribution in [3.63, 3.8) is 0 Å². The quantitative estimate of drug-likeness (QED) is 0.308. The van der Waals surface area contributed by atoms with Crippen molar-refractivity contribution in [2.24, 2.45) is 5.92 Å². The van der Waals surface area contributed by atoms with Gasteiger partial charge in [-0.05, 0) is 25.2 Å². The summed E-state index contributed by atoms with van der Waals surface area (Å²) in [6.07, 6.45) is 13.7. The van der Waals surface area contributed by atoms with Crippen molar-refractivity contribution in [2.75, 3.05) is 0 Å². The second kappa shape index (κ2) is 10.5. The highest BCUT2D eigenvalue weighted by Crippen LogP contribution is 2.11. The maximum absolute atomic E-state index is 10.2. The van der Waals surface area contributed by atoms with Crippen molar-refractivity contribution in [3.8, 4) is 0 Å². The van der Waals surface area contributed by atoms with Gasteiger partial charge in [0.25, 0.3) is 0 Å². The van der Waals surface area contributed by atoms with Gasteiger partial charge in [0.15, 0.2) is 0 Å². The average molecular weight is 196 g/mol. The van der Waals surface area contributed by atoms with Gasteiger partial charge in [0.05, 0.1) is 0 Å². The minimum atomic E-state index is 0.576. The number of carbonyl (C=O) groups excluding carboxylic acids is 1. The van der Waals surface area contributed by atoms with E-state index >= 15 is 0 Å². The summed E-state index contributed by atoms with van der Waals surface area (Å²) in [5, 5.41) is 0. The van der Waals surface area contributed by atoms with E-state index in [2.05, 4.69) is 26.0 Å². The lowest BCUT2D eigenvalue weighted by atomic mass is 10.0. The molecule has 14 heavy (non-hydrogen) atoms. The van der Waals surface area contributed by atoms with Gasteiger partial charge in [-0.1, -0.05) is 45.3 Å². The number of hydrogen-bond donors (Lipinski definition) is 0. The lowest BCUT2D eigenvalue weighted by molar-refractivity contribution is -0.108. The van der Waals surface area contributed by atoms with Gasteiger partial charge >= 0.3 is 0 Å². The third-order valence-corrected chi connectivity index (χ3v) is 2.44. The molecule has 1 unspecified atom stereocenters. The molecule has 0 bridgehead atoms. The molecule has 0 saturated carbocycles. The summed E-state index contributed by atoms with van der Waals surface area (Å²) in [5.41, 5.74) is 0. The Balaban J connectivity index is 3.16. The van der Waals surface area contributed by atoms with Crippen molar-refractivity contribution in [1.29, 1.82) is 0 Å². The van der Waals surface area contributed by atoms with E-state index in [9.17, 15) is 4.79 Å². The molecule has 0 heterocycles. The molecule has 0 saturated heterocycles. The SMILES string of the molecule is CCCC=CCCCCC(C)CC=O. The first-order chi connectivity index (χ1) is 6.81. The zero-order valence-electron chi connectivity index (χ0n) is 9.67. The van der Waals surface area contributed by atoms with Crippen molar-refractivity contribution < 1.29 is 4.79 Å². The number of allylic oxidation sites excluding steroid dienone is 2. The molecule has 0 radical (unpaired) electrons. The highest BCUT2D eigenvalue weighted by Gasteiger charge is 1.99. The molecule has 0 rings (SSSR count). The molecular formula is C13H24O. The minimum absolute atomic E-state index is 0.576. The van der Waals surface area contributed by atoms with Crippen LogP contribution in [0.5, 0.6) is 0 Å². The van der Waals surface area contributed by atoms with E-state index < -0.39 is 0 Å². The van der Waals surface area contributed by atoms with Crippen LogP contribution in [0.4, 0.5) is 0 Å². The first-order valence-electron chi connectivity index (χ1n) is 5.89. The number of unbranched alkanes of at least 4 members (excludes halogenated alkanes) is 3. The fraction of sp³-hybridized carbons (Fsp3) is 0.769. The van der Waals surface area contributed by atoms with Crippen LogP contribution in [0.15, 0.2) is 12.2 Å². The van der Waals surface area contributed by atoms with Crippen molar-refractivity contribution >= 4 is 6.29 Å². The lowest BCUT2D eigenvalue weighted by Gasteiger charge is -2.05. The fourth-order valence-electron chi connectivity index (χ4n) is 1.44. The second-order valence-corrected chi connectivity index (χ2v) is 4.05. The standard InChI is InChI=1S/C13H24O/c1-3-4-5-6-7-8-9-10-13(2)11-12-14/h5-6,12-13H,3-4,7-11H2,1-2H3. The molecule has 82 valence electrons. The van der Waals surface area contributed by atoms with Gasteiger partial charge in [-0.3, -0.25) is 0 Å². The number of hydrogen-bond acceptors (Lipinski definition) is 1. The Bertz CT molecular complexity index is 149. The van der Waals surface area contributed by atoms with Gasteiger partial charge in [-0.2, -0.15) is 0 Å². The minimum Gasteiger partial charge on any atom is -0.303 e. The van der Waals surface area contributed by atoms with Gasteiger partial charge < -0.3 is 4.79 Å². The van der Waals surface area contributed by atoms with E-state index in [4.69, 9.17) is 0 Å². The maximum atomic E-state index is 10.2. The molecule has 0 amide bonds. The Morgan fingerprint density at radius 1 is 1.14 bits per heavy atom. The third-order valence-electron chi connectivity index (χ3n) is 2.44. The molecule has 1 nitrogen and oxygen atoms in total. The predicted molar refractivity (Wildman–Crippen MR) is 62.4 cm³/mol. The largest absolute Gasteiger partial charge is 0.303 e. The first kappa shape index (κ1) is 13.4. The van der Waals surface area contributed by atoms with Crippen LogP contribution in [-0.2, 0) is 4.79 Å². The molecule has 0 aromatic heterocycles. The molecule has 0 aromatic carbocycles. The number of rotatable bonds is 9. The summed E-state index contributed by atoms with van der Waals surface area (Å²) >= 11 is 0.